The number of aromatic hydroxyl groups is 5. The van der Waals surface area contributed by atoms with E-state index in [4.69, 9.17) is 23.7 Å². The molecular weight excluding hydrogens is 387 g/mol. The summed E-state index contributed by atoms with van der Waals surface area (Å²) in [6.07, 6.45) is 0. The standard InChI is InChI=1S/C15H10O7.H3O4P/c16-7-4-10(19)12-11(5-7)22-15(14(21)13(12)20)6-1-2-8(17)9(18)3-6;1-5(2,3)4/h1-5,16-19,21H;(H3,1,2,3,4). The molecule has 0 radical (unpaired) electrons. The van der Waals surface area contributed by atoms with Crippen LogP contribution in [0.4, 0.5) is 0 Å². The van der Waals surface area contributed by atoms with Crippen molar-refractivity contribution in [1.82, 2.24) is 0 Å². The van der Waals surface area contributed by atoms with Gasteiger partial charge in [-0.15, -0.1) is 0 Å². The average Bonchev–Trinajstić information content (AvgIpc) is 2.51. The van der Waals surface area contributed by atoms with Crippen molar-refractivity contribution < 1.29 is 49.2 Å². The van der Waals surface area contributed by atoms with Crippen molar-refractivity contribution in [2.45, 2.75) is 0 Å². The Balaban J connectivity index is 0.000000465. The molecule has 3 rings (SSSR count). The van der Waals surface area contributed by atoms with Crippen molar-refractivity contribution in [3.8, 4) is 40.1 Å². The summed E-state index contributed by atoms with van der Waals surface area (Å²) in [6.45, 7) is 0. The molecule has 0 unspecified atom stereocenters. The van der Waals surface area contributed by atoms with Gasteiger partial charge in [0.05, 0.1) is 0 Å². The first-order valence-electron chi connectivity index (χ1n) is 6.91. The van der Waals surface area contributed by atoms with E-state index in [2.05, 4.69) is 0 Å². The number of phosphoric acid groups is 1. The van der Waals surface area contributed by atoms with Gasteiger partial charge in [-0.25, -0.2) is 4.57 Å². The van der Waals surface area contributed by atoms with E-state index in [0.29, 0.717) is 0 Å². The van der Waals surface area contributed by atoms with Crippen molar-refractivity contribution >= 4 is 18.8 Å². The van der Waals surface area contributed by atoms with Gasteiger partial charge in [0.25, 0.3) is 0 Å². The molecule has 0 bridgehead atoms. The van der Waals surface area contributed by atoms with Gasteiger partial charge >= 0.3 is 7.82 Å². The largest absolute Gasteiger partial charge is 0.508 e. The lowest BCUT2D eigenvalue weighted by molar-refractivity contribution is 0.275. The molecule has 3 aromatic rings. The Morgan fingerprint density at radius 3 is 1.96 bits per heavy atom. The smallest absolute Gasteiger partial charge is 0.466 e. The maximum Gasteiger partial charge on any atom is 0.466 e. The van der Waals surface area contributed by atoms with E-state index in [1.807, 2.05) is 0 Å². The van der Waals surface area contributed by atoms with Crippen LogP contribution in [0.5, 0.6) is 28.7 Å². The molecule has 0 spiro atoms. The Hall–Kier alpha value is -3.24. The molecule has 2 aromatic carbocycles. The zero-order chi connectivity index (χ0) is 20.5. The lowest BCUT2D eigenvalue weighted by Crippen LogP contribution is -2.02. The zero-order valence-electron chi connectivity index (χ0n) is 13.1. The maximum absolute atomic E-state index is 12.1. The van der Waals surface area contributed by atoms with Gasteiger partial charge in [0.2, 0.25) is 11.2 Å². The van der Waals surface area contributed by atoms with Gasteiger partial charge in [-0.2, -0.15) is 0 Å². The average molecular weight is 400 g/mol. The molecule has 0 aliphatic heterocycles. The van der Waals surface area contributed by atoms with Crippen LogP contribution >= 0.6 is 7.82 Å². The zero-order valence-corrected chi connectivity index (χ0v) is 14.0. The monoisotopic (exact) mass is 400 g/mol. The molecule has 0 saturated heterocycles. The summed E-state index contributed by atoms with van der Waals surface area (Å²) >= 11 is 0. The van der Waals surface area contributed by atoms with Gasteiger partial charge in [-0.05, 0) is 18.2 Å². The topological polar surface area (TPSA) is 209 Å². The molecule has 0 fully saturated rings. The molecule has 12 heteroatoms. The Morgan fingerprint density at radius 1 is 0.815 bits per heavy atom. The SMILES string of the molecule is O=P(O)(O)O.O=c1c(O)c(-c2ccc(O)c(O)c2)oc2cc(O)cc(O)c12. The summed E-state index contributed by atoms with van der Waals surface area (Å²) < 4.78 is 14.2. The third-order valence-corrected chi connectivity index (χ3v) is 3.17. The van der Waals surface area contributed by atoms with Crippen molar-refractivity contribution in [3.05, 3.63) is 40.6 Å². The lowest BCUT2D eigenvalue weighted by atomic mass is 10.1. The lowest BCUT2D eigenvalue weighted by Gasteiger charge is -2.08. The van der Waals surface area contributed by atoms with Crippen LogP contribution in [0.1, 0.15) is 0 Å². The van der Waals surface area contributed by atoms with E-state index in [1.165, 1.54) is 6.07 Å². The van der Waals surface area contributed by atoms with E-state index in [-0.39, 0.29) is 33.8 Å². The summed E-state index contributed by atoms with van der Waals surface area (Å²) in [5.41, 5.74) is -0.890. The molecule has 0 atom stereocenters. The van der Waals surface area contributed by atoms with Crippen LogP contribution in [0, 0.1) is 0 Å². The molecule has 27 heavy (non-hydrogen) atoms. The van der Waals surface area contributed by atoms with Crippen LogP contribution in [0.25, 0.3) is 22.3 Å². The number of benzene rings is 2. The highest BCUT2D eigenvalue weighted by Gasteiger charge is 2.19. The highest BCUT2D eigenvalue weighted by molar-refractivity contribution is 7.45. The highest BCUT2D eigenvalue weighted by Crippen LogP contribution is 2.37. The van der Waals surface area contributed by atoms with Crippen LogP contribution in [-0.2, 0) is 4.57 Å². The Bertz CT molecular complexity index is 1100. The Kier molecular flexibility index (Phi) is 5.33. The second-order valence-electron chi connectivity index (χ2n) is 5.16. The summed E-state index contributed by atoms with van der Waals surface area (Å²) in [5, 5.41) is 47.6. The van der Waals surface area contributed by atoms with E-state index in [9.17, 15) is 30.3 Å². The van der Waals surface area contributed by atoms with Crippen LogP contribution < -0.4 is 5.43 Å². The third-order valence-electron chi connectivity index (χ3n) is 3.17. The minimum atomic E-state index is -4.64. The quantitative estimate of drug-likeness (QED) is 0.214. The number of hydrogen-bond acceptors (Lipinski definition) is 8. The van der Waals surface area contributed by atoms with Gasteiger partial charge in [0, 0.05) is 17.7 Å². The Labute approximate surface area is 149 Å². The number of phenols is 4. The first-order valence-corrected chi connectivity index (χ1v) is 8.47. The fraction of sp³-hybridized carbons (Fsp3) is 0. The number of fused-ring (bicyclic) bond motifs is 1. The Morgan fingerprint density at radius 2 is 1.41 bits per heavy atom. The van der Waals surface area contributed by atoms with Crippen LogP contribution in [-0.4, -0.2) is 40.2 Å². The summed E-state index contributed by atoms with van der Waals surface area (Å²) in [6, 6.07) is 5.64. The van der Waals surface area contributed by atoms with Crippen molar-refractivity contribution in [2.75, 3.05) is 0 Å². The second-order valence-corrected chi connectivity index (χ2v) is 6.19. The van der Waals surface area contributed by atoms with Crippen molar-refractivity contribution in [1.29, 1.82) is 0 Å². The van der Waals surface area contributed by atoms with E-state index >= 15 is 0 Å². The molecule has 11 nitrogen and oxygen atoms in total. The normalized spacial score (nSPS) is 11.1. The van der Waals surface area contributed by atoms with E-state index in [0.717, 1.165) is 24.3 Å². The third kappa shape index (κ3) is 4.68. The fourth-order valence-corrected chi connectivity index (χ4v) is 2.14. The van der Waals surface area contributed by atoms with Gasteiger partial charge in [-0.1, -0.05) is 0 Å². The molecule has 0 saturated carbocycles. The molecule has 144 valence electrons. The van der Waals surface area contributed by atoms with Crippen molar-refractivity contribution in [3.63, 3.8) is 0 Å². The molecule has 0 aliphatic carbocycles. The summed E-state index contributed by atoms with van der Waals surface area (Å²) in [4.78, 5) is 33.7. The molecule has 8 N–H and O–H groups in total. The predicted octanol–water partition coefficient (Wildman–Crippen LogP) is 1.06. The van der Waals surface area contributed by atoms with Gasteiger partial charge in [0.15, 0.2) is 17.3 Å². The summed E-state index contributed by atoms with van der Waals surface area (Å²) in [7, 11) is -4.64. The molecule has 1 aromatic heterocycles. The fourth-order valence-electron chi connectivity index (χ4n) is 2.14. The van der Waals surface area contributed by atoms with E-state index in [1.54, 1.807) is 0 Å². The predicted molar refractivity (Wildman–Crippen MR) is 90.5 cm³/mol. The molecule has 0 amide bonds. The van der Waals surface area contributed by atoms with Gasteiger partial charge in [0.1, 0.15) is 22.5 Å². The minimum Gasteiger partial charge on any atom is -0.508 e. The maximum atomic E-state index is 12.1. The number of hydrogen-bond donors (Lipinski definition) is 8. The van der Waals surface area contributed by atoms with E-state index < -0.39 is 30.5 Å². The number of rotatable bonds is 1. The minimum absolute atomic E-state index is 0.134. The molecule has 0 aliphatic rings. The van der Waals surface area contributed by atoms with Crippen LogP contribution in [0.2, 0.25) is 0 Å². The second kappa shape index (κ2) is 7.17. The highest BCUT2D eigenvalue weighted by atomic mass is 31.2. The van der Waals surface area contributed by atoms with Gasteiger partial charge in [-0.3, -0.25) is 4.79 Å². The number of phenolic OH excluding ortho intramolecular Hbond substituents is 4. The molecule has 1 heterocycles. The molecular formula is C15H13O11P. The van der Waals surface area contributed by atoms with Crippen LogP contribution in [0.3, 0.4) is 0 Å². The first kappa shape index (κ1) is 20.1. The summed E-state index contributed by atoms with van der Waals surface area (Å²) in [5.74, 6) is -2.71. The van der Waals surface area contributed by atoms with Gasteiger partial charge < -0.3 is 44.6 Å². The van der Waals surface area contributed by atoms with Crippen LogP contribution in [0.15, 0.2) is 39.5 Å². The first-order chi connectivity index (χ1) is 12.4. The van der Waals surface area contributed by atoms with Crippen molar-refractivity contribution in [2.24, 2.45) is 0 Å².